The smallest absolute Gasteiger partial charge is 0.407 e. The van der Waals surface area contributed by atoms with Gasteiger partial charge in [-0.2, -0.15) is 0 Å². The molecule has 0 bridgehead atoms. The molecule has 1 saturated heterocycles. The molecule has 136 valence electrons. The predicted molar refractivity (Wildman–Crippen MR) is 94.6 cm³/mol. The van der Waals surface area contributed by atoms with Crippen LogP contribution in [0.1, 0.15) is 20.3 Å². The molecule has 1 heterocycles. The van der Waals surface area contributed by atoms with Crippen LogP contribution in [0.5, 0.6) is 0 Å². The highest BCUT2D eigenvalue weighted by atomic mass is 16.5. The number of ether oxygens (including phenoxy) is 1. The van der Waals surface area contributed by atoms with Crippen LogP contribution in [0.15, 0.2) is 24.3 Å². The highest BCUT2D eigenvalue weighted by molar-refractivity contribution is 5.97. The van der Waals surface area contributed by atoms with Gasteiger partial charge in [0.25, 0.3) is 0 Å². The van der Waals surface area contributed by atoms with Crippen LogP contribution in [0.2, 0.25) is 0 Å². The van der Waals surface area contributed by atoms with Crippen molar-refractivity contribution >= 4 is 29.4 Å². The fraction of sp³-hybridized carbons (Fsp3) is 0.471. The first-order valence-corrected chi connectivity index (χ1v) is 8.21. The molecule has 3 N–H and O–H groups in total. The Hall–Kier alpha value is -2.77. The van der Waals surface area contributed by atoms with Crippen LogP contribution in [-0.4, -0.2) is 44.3 Å². The number of amides is 4. The molecule has 1 aromatic rings. The average Bonchev–Trinajstić information content (AvgIpc) is 3.00. The number of nitrogens with one attached hydrogen (secondary N) is 3. The summed E-state index contributed by atoms with van der Waals surface area (Å²) in [6.45, 7) is 5.17. The summed E-state index contributed by atoms with van der Waals surface area (Å²) in [5, 5.41) is 8.06. The minimum Gasteiger partial charge on any atom is -0.453 e. The SMILES string of the molecule is COC(=O)NC(CC(C)C)C(=O)Nc1ccc(N2CCNC2=O)cc1. The summed E-state index contributed by atoms with van der Waals surface area (Å²) in [4.78, 5) is 37.1. The Morgan fingerprint density at radius 1 is 1.28 bits per heavy atom. The summed E-state index contributed by atoms with van der Waals surface area (Å²) in [5.41, 5.74) is 1.35. The number of anilines is 2. The maximum absolute atomic E-state index is 12.4. The maximum atomic E-state index is 12.4. The molecule has 0 aliphatic carbocycles. The van der Waals surface area contributed by atoms with Crippen LogP contribution < -0.4 is 20.9 Å². The molecule has 0 radical (unpaired) electrons. The second-order valence-electron chi connectivity index (χ2n) is 6.24. The molecule has 2 rings (SSSR count). The molecule has 0 spiro atoms. The van der Waals surface area contributed by atoms with Crippen LogP contribution >= 0.6 is 0 Å². The second-order valence-corrected chi connectivity index (χ2v) is 6.24. The van der Waals surface area contributed by atoms with E-state index >= 15 is 0 Å². The highest BCUT2D eigenvalue weighted by Gasteiger charge is 2.23. The van der Waals surface area contributed by atoms with E-state index in [0.717, 1.165) is 5.69 Å². The Balaban J connectivity index is 2.01. The lowest BCUT2D eigenvalue weighted by Crippen LogP contribution is -2.44. The molecular formula is C17H24N4O4. The Bertz CT molecular complexity index is 630. The minimum atomic E-state index is -0.684. The number of alkyl carbamates (subject to hydrolysis) is 1. The van der Waals surface area contributed by atoms with E-state index in [4.69, 9.17) is 0 Å². The van der Waals surface area contributed by atoms with Gasteiger partial charge in [-0.15, -0.1) is 0 Å². The summed E-state index contributed by atoms with van der Waals surface area (Å²) in [6, 6.07) is 6.18. The zero-order valence-electron chi connectivity index (χ0n) is 14.7. The second kappa shape index (κ2) is 8.36. The number of hydrogen-bond acceptors (Lipinski definition) is 4. The van der Waals surface area contributed by atoms with E-state index in [1.54, 1.807) is 29.2 Å². The Morgan fingerprint density at radius 3 is 2.48 bits per heavy atom. The zero-order valence-corrected chi connectivity index (χ0v) is 14.7. The van der Waals surface area contributed by atoms with Crippen molar-refractivity contribution in [2.75, 3.05) is 30.4 Å². The molecule has 1 unspecified atom stereocenters. The first-order chi connectivity index (χ1) is 11.9. The lowest BCUT2D eigenvalue weighted by molar-refractivity contribution is -0.118. The number of methoxy groups -OCH3 is 1. The molecule has 1 aliphatic rings. The van der Waals surface area contributed by atoms with Gasteiger partial charge >= 0.3 is 12.1 Å². The molecule has 8 heteroatoms. The number of rotatable bonds is 6. The topological polar surface area (TPSA) is 99.8 Å². The van der Waals surface area contributed by atoms with Gasteiger partial charge in [-0.3, -0.25) is 9.69 Å². The molecule has 0 saturated carbocycles. The average molecular weight is 348 g/mol. The first kappa shape index (κ1) is 18.6. The largest absolute Gasteiger partial charge is 0.453 e. The van der Waals surface area contributed by atoms with E-state index in [1.165, 1.54) is 7.11 Å². The standard InChI is InChI=1S/C17H24N4O4/c1-11(2)10-14(20-17(24)25-3)15(22)19-12-4-6-13(7-5-12)21-9-8-18-16(21)23/h4-7,11,14H,8-10H2,1-3H3,(H,18,23)(H,19,22)(H,20,24). The van der Waals surface area contributed by atoms with E-state index in [-0.39, 0.29) is 17.9 Å². The summed E-state index contributed by atoms with van der Waals surface area (Å²) in [7, 11) is 1.26. The molecular weight excluding hydrogens is 324 g/mol. The fourth-order valence-electron chi connectivity index (χ4n) is 2.58. The summed E-state index contributed by atoms with van der Waals surface area (Å²) >= 11 is 0. The van der Waals surface area contributed by atoms with Crippen molar-refractivity contribution in [3.05, 3.63) is 24.3 Å². The van der Waals surface area contributed by atoms with Crippen LogP contribution in [0.25, 0.3) is 0 Å². The number of carbonyl (C=O) groups excluding carboxylic acids is 3. The van der Waals surface area contributed by atoms with Gasteiger partial charge in [-0.05, 0) is 36.6 Å². The number of benzene rings is 1. The van der Waals surface area contributed by atoms with E-state index < -0.39 is 12.1 Å². The number of hydrogen-bond donors (Lipinski definition) is 3. The molecule has 8 nitrogen and oxygen atoms in total. The first-order valence-electron chi connectivity index (χ1n) is 8.21. The van der Waals surface area contributed by atoms with Gasteiger partial charge < -0.3 is 20.7 Å². The van der Waals surface area contributed by atoms with Crippen LogP contribution in [0, 0.1) is 5.92 Å². The van der Waals surface area contributed by atoms with Crippen LogP contribution in [0.3, 0.4) is 0 Å². The molecule has 1 aliphatic heterocycles. The van der Waals surface area contributed by atoms with Crippen molar-refractivity contribution in [3.63, 3.8) is 0 Å². The Labute approximate surface area is 146 Å². The monoisotopic (exact) mass is 348 g/mol. The van der Waals surface area contributed by atoms with Crippen molar-refractivity contribution in [1.29, 1.82) is 0 Å². The zero-order chi connectivity index (χ0) is 18.4. The third-order valence-corrected chi connectivity index (χ3v) is 3.80. The fourth-order valence-corrected chi connectivity index (χ4v) is 2.58. The summed E-state index contributed by atoms with van der Waals surface area (Å²) < 4.78 is 4.57. The Kier molecular flexibility index (Phi) is 6.21. The minimum absolute atomic E-state index is 0.129. The predicted octanol–water partition coefficient (Wildman–Crippen LogP) is 1.93. The molecule has 1 aromatic carbocycles. The van der Waals surface area contributed by atoms with Gasteiger partial charge in [-0.25, -0.2) is 9.59 Å². The van der Waals surface area contributed by atoms with E-state index in [2.05, 4.69) is 20.7 Å². The van der Waals surface area contributed by atoms with E-state index in [1.807, 2.05) is 13.8 Å². The number of nitrogens with zero attached hydrogens (tertiary/aromatic N) is 1. The van der Waals surface area contributed by atoms with Gasteiger partial charge in [0, 0.05) is 24.5 Å². The summed E-state index contributed by atoms with van der Waals surface area (Å²) in [6.07, 6.45) is -0.149. The third-order valence-electron chi connectivity index (χ3n) is 3.80. The van der Waals surface area contributed by atoms with Crippen molar-refractivity contribution in [3.8, 4) is 0 Å². The maximum Gasteiger partial charge on any atom is 0.407 e. The quantitative estimate of drug-likeness (QED) is 0.731. The van der Waals surface area contributed by atoms with Crippen molar-refractivity contribution in [1.82, 2.24) is 10.6 Å². The molecule has 1 atom stereocenters. The number of carbonyl (C=O) groups is 3. The van der Waals surface area contributed by atoms with Gasteiger partial charge in [0.15, 0.2) is 0 Å². The van der Waals surface area contributed by atoms with Gasteiger partial charge in [0.05, 0.1) is 7.11 Å². The van der Waals surface area contributed by atoms with Crippen molar-refractivity contribution in [2.24, 2.45) is 5.92 Å². The molecule has 4 amide bonds. The van der Waals surface area contributed by atoms with Gasteiger partial charge in [0.2, 0.25) is 5.91 Å². The number of urea groups is 1. The van der Waals surface area contributed by atoms with E-state index in [0.29, 0.717) is 25.2 Å². The summed E-state index contributed by atoms with van der Waals surface area (Å²) in [5.74, 6) is -0.0882. The highest BCUT2D eigenvalue weighted by Crippen LogP contribution is 2.20. The lowest BCUT2D eigenvalue weighted by atomic mass is 10.0. The van der Waals surface area contributed by atoms with Gasteiger partial charge in [-0.1, -0.05) is 13.8 Å². The lowest BCUT2D eigenvalue weighted by Gasteiger charge is -2.20. The van der Waals surface area contributed by atoms with Crippen LogP contribution in [0.4, 0.5) is 21.0 Å². The van der Waals surface area contributed by atoms with Crippen LogP contribution in [-0.2, 0) is 9.53 Å². The van der Waals surface area contributed by atoms with Gasteiger partial charge in [0.1, 0.15) is 6.04 Å². The molecule has 25 heavy (non-hydrogen) atoms. The Morgan fingerprint density at radius 2 is 1.96 bits per heavy atom. The normalized spacial score (nSPS) is 14.9. The molecule has 0 aromatic heterocycles. The van der Waals surface area contributed by atoms with Crippen molar-refractivity contribution < 1.29 is 19.1 Å². The van der Waals surface area contributed by atoms with E-state index in [9.17, 15) is 14.4 Å². The third kappa shape index (κ3) is 5.10. The van der Waals surface area contributed by atoms with Crippen molar-refractivity contribution in [2.45, 2.75) is 26.3 Å². The molecule has 1 fully saturated rings.